The van der Waals surface area contributed by atoms with Gasteiger partial charge < -0.3 is 5.32 Å². The van der Waals surface area contributed by atoms with E-state index in [-0.39, 0.29) is 5.54 Å². The molecule has 74 valence electrons. The first-order valence-corrected chi connectivity index (χ1v) is 4.66. The minimum atomic E-state index is -0.130. The van der Waals surface area contributed by atoms with E-state index in [1.165, 1.54) is 0 Å². The molecule has 0 bridgehead atoms. The lowest BCUT2D eigenvalue weighted by molar-refractivity contribution is 0.442. The van der Waals surface area contributed by atoms with Crippen LogP contribution in [-0.4, -0.2) is 16.8 Å². The summed E-state index contributed by atoms with van der Waals surface area (Å²) in [5, 5.41) is 8.19. The van der Waals surface area contributed by atoms with Crippen molar-refractivity contribution in [3.8, 4) is 0 Å². The Morgan fingerprint density at radius 2 is 2.00 bits per heavy atom. The lowest BCUT2D eigenvalue weighted by atomic mass is 9.95. The highest BCUT2D eigenvalue weighted by Gasteiger charge is 2.26. The zero-order chi connectivity index (χ0) is 10.2. The molecule has 3 nitrogen and oxygen atoms in total. The SMILES string of the molecule is CNC(C)(C)c1c(C)nn(C)c1Cl. The van der Waals surface area contributed by atoms with Gasteiger partial charge in [-0.2, -0.15) is 5.10 Å². The summed E-state index contributed by atoms with van der Waals surface area (Å²) in [7, 11) is 3.77. The molecule has 0 amide bonds. The largest absolute Gasteiger partial charge is 0.311 e. The van der Waals surface area contributed by atoms with Gasteiger partial charge in [0.1, 0.15) is 5.15 Å². The molecule has 0 saturated carbocycles. The van der Waals surface area contributed by atoms with Crippen LogP contribution in [0.25, 0.3) is 0 Å². The standard InChI is InChI=1S/C9H16ClN3/c1-6-7(9(2,3)11-4)8(10)13(5)12-6/h11H,1-5H3. The Morgan fingerprint density at radius 3 is 2.31 bits per heavy atom. The van der Waals surface area contributed by atoms with Crippen molar-refractivity contribution in [1.82, 2.24) is 15.1 Å². The molecule has 0 unspecified atom stereocenters. The number of nitrogens with one attached hydrogen (secondary N) is 1. The fraction of sp³-hybridized carbons (Fsp3) is 0.667. The first-order valence-electron chi connectivity index (χ1n) is 4.28. The van der Waals surface area contributed by atoms with Crippen LogP contribution in [0, 0.1) is 6.92 Å². The maximum atomic E-state index is 6.14. The second kappa shape index (κ2) is 3.31. The van der Waals surface area contributed by atoms with E-state index in [0.717, 1.165) is 11.3 Å². The van der Waals surface area contributed by atoms with Gasteiger partial charge in [0.25, 0.3) is 0 Å². The third-order valence-electron chi connectivity index (χ3n) is 2.40. The number of halogens is 1. The minimum absolute atomic E-state index is 0.130. The van der Waals surface area contributed by atoms with E-state index in [1.54, 1.807) is 4.68 Å². The van der Waals surface area contributed by atoms with Crippen LogP contribution in [0.2, 0.25) is 5.15 Å². The second-order valence-electron chi connectivity index (χ2n) is 3.75. The van der Waals surface area contributed by atoms with E-state index >= 15 is 0 Å². The smallest absolute Gasteiger partial charge is 0.132 e. The Balaban J connectivity index is 3.28. The van der Waals surface area contributed by atoms with Gasteiger partial charge in [-0.05, 0) is 27.8 Å². The van der Waals surface area contributed by atoms with Crippen LogP contribution in [0.3, 0.4) is 0 Å². The van der Waals surface area contributed by atoms with Crippen LogP contribution in [0.5, 0.6) is 0 Å². The highest BCUT2D eigenvalue weighted by molar-refractivity contribution is 6.30. The molecule has 1 rings (SSSR count). The summed E-state index contributed by atoms with van der Waals surface area (Å²) in [4.78, 5) is 0. The topological polar surface area (TPSA) is 29.9 Å². The van der Waals surface area contributed by atoms with Crippen molar-refractivity contribution in [3.05, 3.63) is 16.4 Å². The number of aryl methyl sites for hydroxylation is 2. The Hall–Kier alpha value is -0.540. The molecule has 0 aliphatic carbocycles. The van der Waals surface area contributed by atoms with Crippen molar-refractivity contribution in [2.45, 2.75) is 26.3 Å². The molecular weight excluding hydrogens is 186 g/mol. The van der Waals surface area contributed by atoms with Crippen LogP contribution in [-0.2, 0) is 12.6 Å². The van der Waals surface area contributed by atoms with Crippen LogP contribution in [0.4, 0.5) is 0 Å². The summed E-state index contributed by atoms with van der Waals surface area (Å²) in [6, 6.07) is 0. The van der Waals surface area contributed by atoms with E-state index in [2.05, 4.69) is 24.3 Å². The zero-order valence-corrected chi connectivity index (χ0v) is 9.53. The van der Waals surface area contributed by atoms with Crippen molar-refractivity contribution in [2.75, 3.05) is 7.05 Å². The van der Waals surface area contributed by atoms with E-state index in [9.17, 15) is 0 Å². The number of rotatable bonds is 2. The number of nitrogens with zero attached hydrogens (tertiary/aromatic N) is 2. The van der Waals surface area contributed by atoms with Gasteiger partial charge >= 0.3 is 0 Å². The Bertz CT molecular complexity index is 315. The van der Waals surface area contributed by atoms with Gasteiger partial charge in [0, 0.05) is 18.2 Å². The number of hydrogen-bond acceptors (Lipinski definition) is 2. The number of aromatic nitrogens is 2. The lowest BCUT2D eigenvalue weighted by Gasteiger charge is -2.24. The van der Waals surface area contributed by atoms with Crippen molar-refractivity contribution in [2.24, 2.45) is 7.05 Å². The van der Waals surface area contributed by atoms with E-state index in [1.807, 2.05) is 21.0 Å². The second-order valence-corrected chi connectivity index (χ2v) is 4.11. The summed E-state index contributed by atoms with van der Waals surface area (Å²) < 4.78 is 1.70. The number of hydrogen-bond donors (Lipinski definition) is 1. The van der Waals surface area contributed by atoms with Crippen molar-refractivity contribution in [1.29, 1.82) is 0 Å². The Labute approximate surface area is 84.1 Å². The van der Waals surface area contributed by atoms with Crippen molar-refractivity contribution < 1.29 is 0 Å². The van der Waals surface area contributed by atoms with Gasteiger partial charge in [-0.3, -0.25) is 4.68 Å². The van der Waals surface area contributed by atoms with Gasteiger partial charge in [-0.1, -0.05) is 11.6 Å². The van der Waals surface area contributed by atoms with Crippen LogP contribution in [0.1, 0.15) is 25.1 Å². The predicted molar refractivity (Wildman–Crippen MR) is 55.0 cm³/mol. The van der Waals surface area contributed by atoms with Crippen LogP contribution < -0.4 is 5.32 Å². The van der Waals surface area contributed by atoms with Gasteiger partial charge in [0.15, 0.2) is 0 Å². The normalized spacial score (nSPS) is 12.2. The molecule has 1 aromatic heterocycles. The first kappa shape index (κ1) is 10.5. The van der Waals surface area contributed by atoms with Crippen LogP contribution in [0.15, 0.2) is 0 Å². The summed E-state index contributed by atoms with van der Waals surface area (Å²) >= 11 is 6.14. The molecule has 0 aliphatic rings. The zero-order valence-electron chi connectivity index (χ0n) is 8.77. The third-order valence-corrected chi connectivity index (χ3v) is 2.84. The van der Waals surface area contributed by atoms with Gasteiger partial charge in [0.05, 0.1) is 5.69 Å². The summed E-state index contributed by atoms with van der Waals surface area (Å²) in [5.41, 5.74) is 1.92. The predicted octanol–water partition coefficient (Wildman–Crippen LogP) is 1.84. The monoisotopic (exact) mass is 201 g/mol. The molecule has 0 saturated heterocycles. The van der Waals surface area contributed by atoms with E-state index < -0.39 is 0 Å². The highest BCUT2D eigenvalue weighted by Crippen LogP contribution is 2.29. The summed E-state index contributed by atoms with van der Waals surface area (Å²) in [6.45, 7) is 6.14. The van der Waals surface area contributed by atoms with Gasteiger partial charge in [-0.15, -0.1) is 0 Å². The molecule has 0 atom stereocenters. The van der Waals surface area contributed by atoms with Crippen molar-refractivity contribution in [3.63, 3.8) is 0 Å². The maximum Gasteiger partial charge on any atom is 0.132 e. The molecule has 0 radical (unpaired) electrons. The highest BCUT2D eigenvalue weighted by atomic mass is 35.5. The molecule has 0 spiro atoms. The average molecular weight is 202 g/mol. The molecule has 0 aliphatic heterocycles. The molecular formula is C9H16ClN3. The average Bonchev–Trinajstić information content (AvgIpc) is 2.27. The maximum absolute atomic E-state index is 6.14. The Kier molecular flexibility index (Phi) is 2.68. The minimum Gasteiger partial charge on any atom is -0.311 e. The Morgan fingerprint density at radius 1 is 1.46 bits per heavy atom. The van der Waals surface area contributed by atoms with Crippen molar-refractivity contribution >= 4 is 11.6 Å². The summed E-state index contributed by atoms with van der Waals surface area (Å²) in [6.07, 6.45) is 0. The lowest BCUT2D eigenvalue weighted by Crippen LogP contribution is -2.33. The summed E-state index contributed by atoms with van der Waals surface area (Å²) in [5.74, 6) is 0. The fourth-order valence-electron chi connectivity index (χ4n) is 1.47. The quantitative estimate of drug-likeness (QED) is 0.792. The molecule has 0 fully saturated rings. The van der Waals surface area contributed by atoms with E-state index in [4.69, 9.17) is 11.6 Å². The molecule has 1 heterocycles. The fourth-order valence-corrected chi connectivity index (χ4v) is 1.88. The molecule has 13 heavy (non-hydrogen) atoms. The molecule has 4 heteroatoms. The third kappa shape index (κ3) is 1.71. The van der Waals surface area contributed by atoms with Gasteiger partial charge in [0.2, 0.25) is 0 Å². The molecule has 1 N–H and O–H groups in total. The first-order chi connectivity index (χ1) is 5.90. The van der Waals surface area contributed by atoms with Crippen LogP contribution >= 0.6 is 11.6 Å². The molecule has 0 aromatic carbocycles. The molecule has 1 aromatic rings. The van der Waals surface area contributed by atoms with E-state index in [0.29, 0.717) is 5.15 Å². The van der Waals surface area contributed by atoms with Gasteiger partial charge in [-0.25, -0.2) is 0 Å².